The van der Waals surface area contributed by atoms with Crippen LogP contribution in [0.2, 0.25) is 0 Å². The summed E-state index contributed by atoms with van der Waals surface area (Å²) in [5, 5.41) is 10.4. The molecule has 7 heteroatoms. The smallest absolute Gasteiger partial charge is 0.314 e. The summed E-state index contributed by atoms with van der Waals surface area (Å²) in [4.78, 5) is 25.1. The molecule has 1 aromatic heterocycles. The van der Waals surface area contributed by atoms with Crippen molar-refractivity contribution in [3.8, 4) is 5.69 Å². The van der Waals surface area contributed by atoms with Crippen LogP contribution in [0.4, 0.5) is 5.82 Å². The van der Waals surface area contributed by atoms with Crippen molar-refractivity contribution in [1.82, 2.24) is 15.1 Å². The summed E-state index contributed by atoms with van der Waals surface area (Å²) in [6, 6.07) is 9.76. The molecule has 1 fully saturated rings. The zero-order valence-corrected chi connectivity index (χ0v) is 16.2. The Morgan fingerprint density at radius 3 is 2.67 bits per heavy atom. The molecule has 4 rings (SSSR count). The van der Waals surface area contributed by atoms with Crippen LogP contribution in [0.25, 0.3) is 5.69 Å². The van der Waals surface area contributed by atoms with E-state index in [9.17, 15) is 9.59 Å². The fourth-order valence-electron chi connectivity index (χ4n) is 3.83. The van der Waals surface area contributed by atoms with Gasteiger partial charge < -0.3 is 10.6 Å². The van der Waals surface area contributed by atoms with E-state index in [1.165, 1.54) is 6.42 Å². The van der Waals surface area contributed by atoms with E-state index in [0.717, 1.165) is 47.7 Å². The highest BCUT2D eigenvalue weighted by Gasteiger charge is 2.29. The molecule has 1 aliphatic carbocycles. The maximum absolute atomic E-state index is 12.6. The standard InChI is InChI=1S/C20H24N4O2S/c1-13-7-5-6-10-16(13)21-19(25)20(26)22-18-15-11-27-12-17(15)23-24(18)14-8-3-2-4-9-14/h2-4,8-9,13,16H,5-7,10-12H2,1H3,(H,21,25)(H,22,26)/t13-,16-/m0/s1. The number of anilines is 1. The molecule has 0 spiro atoms. The van der Waals surface area contributed by atoms with Crippen molar-refractivity contribution < 1.29 is 9.59 Å². The number of nitrogens with one attached hydrogen (secondary N) is 2. The molecule has 0 saturated heterocycles. The second kappa shape index (κ2) is 7.76. The van der Waals surface area contributed by atoms with E-state index in [4.69, 9.17) is 0 Å². The van der Waals surface area contributed by atoms with Gasteiger partial charge in [-0.15, -0.1) is 0 Å². The number of nitrogens with zero attached hydrogens (tertiary/aromatic N) is 2. The van der Waals surface area contributed by atoms with E-state index in [2.05, 4.69) is 22.7 Å². The van der Waals surface area contributed by atoms with E-state index in [0.29, 0.717) is 11.7 Å². The van der Waals surface area contributed by atoms with Gasteiger partial charge in [0.1, 0.15) is 5.82 Å². The first-order valence-corrected chi connectivity index (χ1v) is 10.6. The highest BCUT2D eigenvalue weighted by atomic mass is 32.2. The molecule has 0 radical (unpaired) electrons. The van der Waals surface area contributed by atoms with Crippen LogP contribution in [-0.2, 0) is 21.1 Å². The van der Waals surface area contributed by atoms with Gasteiger partial charge in [0.25, 0.3) is 0 Å². The maximum atomic E-state index is 12.6. The Balaban J connectivity index is 1.53. The SMILES string of the molecule is C[C@H]1CCCC[C@@H]1NC(=O)C(=O)Nc1c2c(nn1-c1ccccc1)CSC2. The summed E-state index contributed by atoms with van der Waals surface area (Å²) < 4.78 is 1.73. The van der Waals surface area contributed by atoms with Crippen molar-refractivity contribution in [2.24, 2.45) is 5.92 Å². The molecule has 0 unspecified atom stereocenters. The number of hydrogen-bond donors (Lipinski definition) is 2. The van der Waals surface area contributed by atoms with Gasteiger partial charge in [-0.05, 0) is 30.9 Å². The molecular formula is C20H24N4O2S. The third-order valence-electron chi connectivity index (χ3n) is 5.42. The van der Waals surface area contributed by atoms with Crippen LogP contribution < -0.4 is 10.6 Å². The van der Waals surface area contributed by atoms with Crippen molar-refractivity contribution in [3.63, 3.8) is 0 Å². The fraction of sp³-hybridized carbons (Fsp3) is 0.450. The lowest BCUT2D eigenvalue weighted by Gasteiger charge is -2.29. The van der Waals surface area contributed by atoms with Crippen LogP contribution in [0.3, 0.4) is 0 Å². The molecule has 2 aliphatic rings. The molecule has 1 aromatic carbocycles. The molecule has 2 heterocycles. The summed E-state index contributed by atoms with van der Waals surface area (Å²) >= 11 is 1.76. The third-order valence-corrected chi connectivity index (χ3v) is 6.39. The minimum atomic E-state index is -0.621. The molecule has 0 bridgehead atoms. The molecule has 27 heavy (non-hydrogen) atoms. The van der Waals surface area contributed by atoms with Gasteiger partial charge in [-0.1, -0.05) is 38.0 Å². The summed E-state index contributed by atoms with van der Waals surface area (Å²) in [5.74, 6) is 1.45. The van der Waals surface area contributed by atoms with Crippen molar-refractivity contribution in [2.45, 2.75) is 50.2 Å². The average molecular weight is 385 g/mol. The van der Waals surface area contributed by atoms with Crippen LogP contribution in [-0.4, -0.2) is 27.6 Å². The predicted octanol–water partition coefficient (Wildman–Crippen LogP) is 3.25. The topological polar surface area (TPSA) is 76.0 Å². The second-order valence-electron chi connectivity index (χ2n) is 7.31. The number of aromatic nitrogens is 2. The van der Waals surface area contributed by atoms with Gasteiger partial charge in [-0.25, -0.2) is 4.68 Å². The van der Waals surface area contributed by atoms with Crippen LogP contribution in [0.5, 0.6) is 0 Å². The number of carbonyl (C=O) groups is 2. The largest absolute Gasteiger partial charge is 0.345 e. The minimum Gasteiger partial charge on any atom is -0.345 e. The van der Waals surface area contributed by atoms with Gasteiger partial charge in [0.15, 0.2) is 0 Å². The number of amides is 2. The van der Waals surface area contributed by atoms with Crippen LogP contribution in [0, 0.1) is 5.92 Å². The Morgan fingerprint density at radius 2 is 1.89 bits per heavy atom. The quantitative estimate of drug-likeness (QED) is 0.797. The average Bonchev–Trinajstić information content (AvgIpc) is 3.27. The molecule has 142 valence electrons. The first-order valence-electron chi connectivity index (χ1n) is 9.49. The van der Waals surface area contributed by atoms with Gasteiger partial charge >= 0.3 is 11.8 Å². The Kier molecular flexibility index (Phi) is 5.20. The van der Waals surface area contributed by atoms with E-state index >= 15 is 0 Å². The van der Waals surface area contributed by atoms with Crippen LogP contribution in [0.15, 0.2) is 30.3 Å². The summed E-state index contributed by atoms with van der Waals surface area (Å²) in [5.41, 5.74) is 2.85. The Labute approximate surface area is 163 Å². The van der Waals surface area contributed by atoms with E-state index in [-0.39, 0.29) is 6.04 Å². The molecule has 2 aromatic rings. The molecule has 1 saturated carbocycles. The summed E-state index contributed by atoms with van der Waals surface area (Å²) in [6.45, 7) is 2.14. The zero-order valence-electron chi connectivity index (χ0n) is 15.4. The number of hydrogen-bond acceptors (Lipinski definition) is 4. The number of benzene rings is 1. The molecule has 2 N–H and O–H groups in total. The van der Waals surface area contributed by atoms with E-state index < -0.39 is 11.8 Å². The van der Waals surface area contributed by atoms with Gasteiger partial charge in [0, 0.05) is 23.1 Å². The fourth-order valence-corrected chi connectivity index (χ4v) is 4.86. The lowest BCUT2D eigenvalue weighted by atomic mass is 9.86. The summed E-state index contributed by atoms with van der Waals surface area (Å²) in [7, 11) is 0. The van der Waals surface area contributed by atoms with E-state index in [1.807, 2.05) is 30.3 Å². The van der Waals surface area contributed by atoms with E-state index in [1.54, 1.807) is 16.4 Å². The second-order valence-corrected chi connectivity index (χ2v) is 8.30. The first kappa shape index (κ1) is 18.1. The predicted molar refractivity (Wildman–Crippen MR) is 107 cm³/mol. The lowest BCUT2D eigenvalue weighted by Crippen LogP contribution is -2.46. The highest BCUT2D eigenvalue weighted by Crippen LogP contribution is 2.36. The van der Waals surface area contributed by atoms with Crippen molar-refractivity contribution in [1.29, 1.82) is 0 Å². The molecule has 2 atom stereocenters. The van der Waals surface area contributed by atoms with Gasteiger partial charge in [-0.3, -0.25) is 9.59 Å². The van der Waals surface area contributed by atoms with Crippen LogP contribution in [0.1, 0.15) is 43.9 Å². The Morgan fingerprint density at radius 1 is 1.11 bits per heavy atom. The minimum absolute atomic E-state index is 0.0808. The normalized spacial score (nSPS) is 21.5. The molecule has 6 nitrogen and oxygen atoms in total. The van der Waals surface area contributed by atoms with Gasteiger partial charge in [-0.2, -0.15) is 16.9 Å². The molecular weight excluding hydrogens is 360 g/mol. The van der Waals surface area contributed by atoms with Crippen molar-refractivity contribution >= 4 is 29.4 Å². The molecule has 2 amide bonds. The zero-order chi connectivity index (χ0) is 18.8. The number of para-hydroxylation sites is 1. The Bertz CT molecular complexity index is 849. The number of fused-ring (bicyclic) bond motifs is 1. The van der Waals surface area contributed by atoms with Gasteiger partial charge in [0.05, 0.1) is 11.4 Å². The van der Waals surface area contributed by atoms with Gasteiger partial charge in [0.2, 0.25) is 0 Å². The molecule has 1 aliphatic heterocycles. The first-order chi connectivity index (χ1) is 13.1. The van der Waals surface area contributed by atoms with Crippen LogP contribution >= 0.6 is 11.8 Å². The number of rotatable bonds is 3. The third kappa shape index (κ3) is 3.74. The Hall–Kier alpha value is -2.28. The van der Waals surface area contributed by atoms with Crippen molar-refractivity contribution in [3.05, 3.63) is 41.6 Å². The van der Waals surface area contributed by atoms with Crippen molar-refractivity contribution in [2.75, 3.05) is 5.32 Å². The number of carbonyl (C=O) groups excluding carboxylic acids is 2. The number of thioether (sulfide) groups is 1. The summed E-state index contributed by atoms with van der Waals surface area (Å²) in [6.07, 6.45) is 4.33. The maximum Gasteiger partial charge on any atom is 0.314 e. The monoisotopic (exact) mass is 384 g/mol. The lowest BCUT2D eigenvalue weighted by molar-refractivity contribution is -0.137. The highest BCUT2D eigenvalue weighted by molar-refractivity contribution is 7.98.